The maximum atomic E-state index is 2.38. The molecule has 2 heteroatoms. The highest BCUT2D eigenvalue weighted by Gasteiger charge is 2.14. The van der Waals surface area contributed by atoms with Crippen molar-refractivity contribution in [2.75, 3.05) is 0 Å². The molecule has 2 heterocycles. The lowest BCUT2D eigenvalue weighted by molar-refractivity contribution is 0.795. The first-order valence-corrected chi connectivity index (χ1v) is 14.1. The van der Waals surface area contributed by atoms with Crippen molar-refractivity contribution in [2.24, 2.45) is 0 Å². The summed E-state index contributed by atoms with van der Waals surface area (Å²) in [6, 6.07) is 32.4. The minimum Gasteiger partial charge on any atom is -0.135 e. The van der Waals surface area contributed by atoms with Crippen molar-refractivity contribution in [2.45, 2.75) is 33.1 Å². The van der Waals surface area contributed by atoms with Gasteiger partial charge in [0.05, 0.1) is 0 Å². The molecule has 0 bridgehead atoms. The fraction of sp³-hybridized carbons (Fsp3) is 0.152. The zero-order chi connectivity index (χ0) is 23.5. The predicted octanol–water partition coefficient (Wildman–Crippen LogP) is 10.9. The number of rotatable bonds is 4. The third-order valence-corrected chi connectivity index (χ3v) is 9.73. The highest BCUT2D eigenvalue weighted by Crippen LogP contribution is 2.44. The number of thiophene rings is 2. The zero-order valence-electron chi connectivity index (χ0n) is 20.0. The molecular formula is C33H26S2. The van der Waals surface area contributed by atoms with Crippen molar-refractivity contribution >= 4 is 73.8 Å². The van der Waals surface area contributed by atoms with Gasteiger partial charge in [-0.05, 0) is 54.2 Å². The topological polar surface area (TPSA) is 0 Å². The summed E-state index contributed by atoms with van der Waals surface area (Å²) >= 11 is 3.87. The second kappa shape index (κ2) is 8.19. The molecule has 35 heavy (non-hydrogen) atoms. The van der Waals surface area contributed by atoms with E-state index in [1.165, 1.54) is 92.6 Å². The number of hydrogen-bond acceptors (Lipinski definition) is 2. The Kier molecular flexibility index (Phi) is 4.94. The molecule has 0 aliphatic carbocycles. The van der Waals surface area contributed by atoms with E-state index in [4.69, 9.17) is 0 Å². The standard InChI is InChI=1S/C33H26S2/c1-3-4-5-21-7-9-22(10-8-21)23-11-13-25-27-15-17-28-29(33(27)35-31(25)19-23)16-14-26-24-12-6-20(2)18-30(24)34-32(26)28/h6-19H,3-5H2,1-2H3. The van der Waals surface area contributed by atoms with Gasteiger partial charge < -0.3 is 0 Å². The summed E-state index contributed by atoms with van der Waals surface area (Å²) in [6.07, 6.45) is 3.67. The van der Waals surface area contributed by atoms with E-state index in [1.807, 2.05) is 22.7 Å². The highest BCUT2D eigenvalue weighted by molar-refractivity contribution is 7.28. The number of hydrogen-bond donors (Lipinski definition) is 0. The van der Waals surface area contributed by atoms with Crippen LogP contribution in [0.3, 0.4) is 0 Å². The van der Waals surface area contributed by atoms with E-state index in [2.05, 4.69) is 98.8 Å². The van der Waals surface area contributed by atoms with E-state index >= 15 is 0 Å². The van der Waals surface area contributed by atoms with E-state index in [0.29, 0.717) is 0 Å². The molecule has 0 unspecified atom stereocenters. The van der Waals surface area contributed by atoms with E-state index < -0.39 is 0 Å². The van der Waals surface area contributed by atoms with Gasteiger partial charge in [0, 0.05) is 51.1 Å². The Bertz CT molecular complexity index is 1880. The van der Waals surface area contributed by atoms with E-state index in [0.717, 1.165) is 0 Å². The Morgan fingerprint density at radius 1 is 0.543 bits per heavy atom. The van der Waals surface area contributed by atoms with Gasteiger partial charge in [-0.1, -0.05) is 86.1 Å². The molecule has 0 aliphatic heterocycles. The summed E-state index contributed by atoms with van der Waals surface area (Å²) in [5, 5.41) is 8.24. The maximum absolute atomic E-state index is 2.38. The fourth-order valence-electron chi connectivity index (χ4n) is 5.40. The Labute approximate surface area is 213 Å². The fourth-order valence-corrected chi connectivity index (χ4v) is 8.00. The largest absolute Gasteiger partial charge is 0.135 e. The van der Waals surface area contributed by atoms with Gasteiger partial charge in [0.2, 0.25) is 0 Å². The van der Waals surface area contributed by atoms with Crippen molar-refractivity contribution in [3.8, 4) is 11.1 Å². The van der Waals surface area contributed by atoms with Crippen molar-refractivity contribution in [3.63, 3.8) is 0 Å². The summed E-state index contributed by atoms with van der Waals surface area (Å²) in [4.78, 5) is 0. The van der Waals surface area contributed by atoms with Gasteiger partial charge in [-0.3, -0.25) is 0 Å². The minimum atomic E-state index is 1.17. The first kappa shape index (κ1) is 21.1. The third kappa shape index (κ3) is 3.39. The van der Waals surface area contributed by atoms with Crippen LogP contribution in [0.1, 0.15) is 30.9 Å². The first-order chi connectivity index (χ1) is 17.2. The van der Waals surface area contributed by atoms with Crippen LogP contribution in [-0.4, -0.2) is 0 Å². The van der Waals surface area contributed by atoms with Crippen molar-refractivity contribution in [1.29, 1.82) is 0 Å². The normalized spacial score (nSPS) is 12.1. The Hall–Kier alpha value is -3.20. The molecule has 0 N–H and O–H groups in total. The van der Waals surface area contributed by atoms with Crippen LogP contribution in [0.5, 0.6) is 0 Å². The highest BCUT2D eigenvalue weighted by atomic mass is 32.1. The minimum absolute atomic E-state index is 1.17. The van der Waals surface area contributed by atoms with Crippen LogP contribution >= 0.6 is 22.7 Å². The molecule has 0 radical (unpaired) electrons. The first-order valence-electron chi connectivity index (χ1n) is 12.5. The van der Waals surface area contributed by atoms with E-state index in [-0.39, 0.29) is 0 Å². The lowest BCUT2D eigenvalue weighted by atomic mass is 10.00. The predicted molar refractivity (Wildman–Crippen MR) is 159 cm³/mol. The molecule has 170 valence electrons. The van der Waals surface area contributed by atoms with Gasteiger partial charge in [0.25, 0.3) is 0 Å². The maximum Gasteiger partial charge on any atom is 0.0434 e. The summed E-state index contributed by atoms with van der Waals surface area (Å²) in [5.41, 5.74) is 5.37. The van der Waals surface area contributed by atoms with Crippen molar-refractivity contribution < 1.29 is 0 Å². The second-order valence-corrected chi connectivity index (χ2v) is 11.8. The second-order valence-electron chi connectivity index (χ2n) is 9.69. The average Bonchev–Trinajstić information content (AvgIpc) is 3.45. The Morgan fingerprint density at radius 3 is 1.69 bits per heavy atom. The van der Waals surface area contributed by atoms with Gasteiger partial charge >= 0.3 is 0 Å². The van der Waals surface area contributed by atoms with Crippen LogP contribution in [0, 0.1) is 6.92 Å². The molecule has 7 rings (SSSR count). The smallest absolute Gasteiger partial charge is 0.0434 e. The van der Waals surface area contributed by atoms with Crippen molar-refractivity contribution in [1.82, 2.24) is 0 Å². The van der Waals surface area contributed by atoms with Crippen LogP contribution in [0.15, 0.2) is 84.9 Å². The van der Waals surface area contributed by atoms with E-state index in [9.17, 15) is 0 Å². The van der Waals surface area contributed by atoms with Gasteiger partial charge in [0.15, 0.2) is 0 Å². The quantitative estimate of drug-likeness (QED) is 0.232. The molecule has 0 spiro atoms. The number of fused-ring (bicyclic) bond motifs is 9. The van der Waals surface area contributed by atoms with Crippen LogP contribution in [0.2, 0.25) is 0 Å². The SMILES string of the molecule is CCCCc1ccc(-c2ccc3c(c2)sc2c3ccc3c2ccc2c4ccc(C)cc4sc23)cc1. The van der Waals surface area contributed by atoms with Gasteiger partial charge in [-0.2, -0.15) is 0 Å². The van der Waals surface area contributed by atoms with Gasteiger partial charge in [-0.25, -0.2) is 0 Å². The summed E-state index contributed by atoms with van der Waals surface area (Å²) < 4.78 is 5.56. The molecule has 2 aromatic heterocycles. The molecule has 0 saturated heterocycles. The molecular weight excluding hydrogens is 460 g/mol. The van der Waals surface area contributed by atoms with Gasteiger partial charge in [-0.15, -0.1) is 22.7 Å². The molecule has 0 nitrogen and oxygen atoms in total. The summed E-state index contributed by atoms with van der Waals surface area (Å²) in [6.45, 7) is 4.43. The summed E-state index contributed by atoms with van der Waals surface area (Å²) in [5.74, 6) is 0. The van der Waals surface area contributed by atoms with Crippen LogP contribution in [-0.2, 0) is 6.42 Å². The lowest BCUT2D eigenvalue weighted by Crippen LogP contribution is -1.85. The number of aryl methyl sites for hydroxylation is 2. The van der Waals surface area contributed by atoms with Crippen LogP contribution < -0.4 is 0 Å². The average molecular weight is 487 g/mol. The Morgan fingerprint density at radius 2 is 1.06 bits per heavy atom. The molecule has 0 fully saturated rings. The monoisotopic (exact) mass is 486 g/mol. The van der Waals surface area contributed by atoms with Crippen molar-refractivity contribution in [3.05, 3.63) is 96.1 Å². The Balaban J connectivity index is 1.38. The molecule has 0 aliphatic rings. The van der Waals surface area contributed by atoms with E-state index in [1.54, 1.807) is 0 Å². The molecule has 0 amide bonds. The molecule has 5 aromatic carbocycles. The van der Waals surface area contributed by atoms with Gasteiger partial charge in [0.1, 0.15) is 0 Å². The molecule has 7 aromatic rings. The lowest BCUT2D eigenvalue weighted by Gasteiger charge is -2.05. The molecule has 0 atom stereocenters. The third-order valence-electron chi connectivity index (χ3n) is 7.33. The zero-order valence-corrected chi connectivity index (χ0v) is 21.7. The molecule has 0 saturated carbocycles. The van der Waals surface area contributed by atoms with Crippen LogP contribution in [0.4, 0.5) is 0 Å². The van der Waals surface area contributed by atoms with Crippen LogP contribution in [0.25, 0.3) is 62.2 Å². The summed E-state index contributed by atoms with van der Waals surface area (Å²) in [7, 11) is 0. The number of unbranched alkanes of at least 4 members (excludes halogenated alkanes) is 1. The number of benzene rings is 5.